The lowest BCUT2D eigenvalue weighted by molar-refractivity contribution is -0.275. The van der Waals surface area contributed by atoms with E-state index >= 15 is 0 Å². The molecular weight excluding hydrogens is 477 g/mol. The van der Waals surface area contributed by atoms with Gasteiger partial charge in [-0.3, -0.25) is 14.6 Å². The summed E-state index contributed by atoms with van der Waals surface area (Å²) in [7, 11) is -3.27. The number of rotatable bonds is 4. The quantitative estimate of drug-likeness (QED) is 0.524. The number of hydrogen-bond donors (Lipinski definition) is 2. The normalized spacial score (nSPS) is 26.3. The minimum absolute atomic E-state index is 0.00355. The smallest absolute Gasteiger partial charge is 0.417 e. The standard InChI is InChI=1S/C23H20F5N3O4/c1-9-15(10-4-5-11(24)17(25)19(10)34-3)20(35-22(9,2)23(26,27)28)13-8-14(32)16-12(31-13)6-7-30-18(16)21(29)33/h4-9,15,20H,1-3H3,(H2,29,33)(H,31,32)/t9-,15-,20-,22+/m0/s1/i3D3. The number of alkyl halides is 3. The molecule has 0 aliphatic carbocycles. The zero-order valence-electron chi connectivity index (χ0n) is 21.2. The minimum atomic E-state index is -4.97. The van der Waals surface area contributed by atoms with Crippen LogP contribution in [0.1, 0.15) is 51.7 Å². The van der Waals surface area contributed by atoms with Crippen LogP contribution in [0, 0.1) is 17.6 Å². The maximum Gasteiger partial charge on any atom is 0.417 e. The number of aromatic amines is 1. The number of H-pyrrole nitrogens is 1. The number of nitrogens with one attached hydrogen (secondary N) is 1. The van der Waals surface area contributed by atoms with Gasteiger partial charge in [0.2, 0.25) is 5.82 Å². The van der Waals surface area contributed by atoms with E-state index in [1.807, 2.05) is 0 Å². The average molecular weight is 500 g/mol. The van der Waals surface area contributed by atoms with E-state index in [1.165, 1.54) is 6.07 Å². The first-order valence-electron chi connectivity index (χ1n) is 11.7. The number of aromatic nitrogens is 2. The minimum Gasteiger partial charge on any atom is -0.493 e. The third-order valence-corrected chi connectivity index (χ3v) is 6.51. The molecule has 3 N–H and O–H groups in total. The van der Waals surface area contributed by atoms with E-state index in [2.05, 4.69) is 9.97 Å². The van der Waals surface area contributed by atoms with Gasteiger partial charge < -0.3 is 20.2 Å². The maximum atomic E-state index is 14.8. The summed E-state index contributed by atoms with van der Waals surface area (Å²) < 4.78 is 104. The molecule has 7 nitrogen and oxygen atoms in total. The Kier molecular flexibility index (Phi) is 4.93. The molecule has 1 aliphatic heterocycles. The second-order valence-electron chi connectivity index (χ2n) is 8.37. The number of nitrogens with zero attached hydrogens (tertiary/aromatic N) is 1. The molecule has 1 aliphatic rings. The number of nitrogens with two attached hydrogens (primary N) is 1. The molecule has 2 aromatic heterocycles. The molecular formula is C23H20F5N3O4. The predicted molar refractivity (Wildman–Crippen MR) is 114 cm³/mol. The predicted octanol–water partition coefficient (Wildman–Crippen LogP) is 4.12. The molecule has 0 saturated carbocycles. The molecule has 0 spiro atoms. The van der Waals surface area contributed by atoms with Gasteiger partial charge in [-0.25, -0.2) is 4.39 Å². The number of hydrogen-bond acceptors (Lipinski definition) is 5. The van der Waals surface area contributed by atoms with Gasteiger partial charge in [0.25, 0.3) is 5.91 Å². The first-order valence-corrected chi connectivity index (χ1v) is 10.2. The van der Waals surface area contributed by atoms with Gasteiger partial charge >= 0.3 is 6.18 Å². The monoisotopic (exact) mass is 500 g/mol. The number of benzene rings is 1. The highest BCUT2D eigenvalue weighted by Crippen LogP contribution is 2.59. The fourth-order valence-corrected chi connectivity index (χ4v) is 4.54. The molecule has 35 heavy (non-hydrogen) atoms. The Morgan fingerprint density at radius 2 is 2.03 bits per heavy atom. The fourth-order valence-electron chi connectivity index (χ4n) is 4.54. The van der Waals surface area contributed by atoms with E-state index in [0.29, 0.717) is 6.07 Å². The zero-order valence-corrected chi connectivity index (χ0v) is 18.2. The summed E-state index contributed by atoms with van der Waals surface area (Å²) in [4.78, 5) is 31.2. The first-order chi connectivity index (χ1) is 17.5. The molecule has 3 heterocycles. The van der Waals surface area contributed by atoms with Crippen LogP contribution < -0.4 is 15.9 Å². The molecule has 12 heteroatoms. The fraction of sp³-hybridized carbons (Fsp3) is 0.348. The molecule has 0 bridgehead atoms. The number of primary amides is 1. The van der Waals surface area contributed by atoms with E-state index in [1.54, 1.807) is 0 Å². The topological polar surface area (TPSA) is 107 Å². The van der Waals surface area contributed by atoms with Crippen molar-refractivity contribution < 1.29 is 40.3 Å². The average Bonchev–Trinajstić information content (AvgIpc) is 3.07. The van der Waals surface area contributed by atoms with Gasteiger partial charge in [-0.15, -0.1) is 0 Å². The second-order valence-corrected chi connectivity index (χ2v) is 8.37. The summed E-state index contributed by atoms with van der Waals surface area (Å²) >= 11 is 0. The zero-order chi connectivity index (χ0) is 28.4. The number of carbonyl (C=O) groups is 1. The SMILES string of the molecule is [2H]C([2H])([2H])Oc1c([C@H]2[C@H](c3cc(=O)c4c(C(N)=O)nccc4[nH]3)O[C@@](C)(C(F)(F)F)[C@H]2C)ccc(F)c1F. The van der Waals surface area contributed by atoms with Gasteiger partial charge in [-0.2, -0.15) is 17.6 Å². The third kappa shape index (κ3) is 3.72. The highest BCUT2D eigenvalue weighted by molar-refractivity contribution is 6.03. The van der Waals surface area contributed by atoms with E-state index < -0.39 is 71.0 Å². The summed E-state index contributed by atoms with van der Waals surface area (Å²) in [5.74, 6) is -8.33. The lowest BCUT2D eigenvalue weighted by Crippen LogP contribution is -2.46. The Morgan fingerprint density at radius 1 is 1.31 bits per heavy atom. The first kappa shape index (κ1) is 20.8. The van der Waals surface area contributed by atoms with Gasteiger partial charge in [-0.05, 0) is 19.1 Å². The summed E-state index contributed by atoms with van der Waals surface area (Å²) in [5, 5.41) is -0.218. The highest BCUT2D eigenvalue weighted by atomic mass is 19.4. The highest BCUT2D eigenvalue weighted by Gasteiger charge is 2.65. The van der Waals surface area contributed by atoms with Crippen molar-refractivity contribution in [2.45, 2.75) is 37.6 Å². The van der Waals surface area contributed by atoms with Crippen molar-refractivity contribution in [1.82, 2.24) is 9.97 Å². The van der Waals surface area contributed by atoms with Crippen molar-refractivity contribution in [2.75, 3.05) is 7.04 Å². The van der Waals surface area contributed by atoms with Crippen molar-refractivity contribution in [2.24, 2.45) is 11.7 Å². The van der Waals surface area contributed by atoms with Crippen molar-refractivity contribution in [3.05, 3.63) is 69.3 Å². The van der Waals surface area contributed by atoms with Crippen molar-refractivity contribution in [1.29, 1.82) is 0 Å². The molecule has 1 fully saturated rings. The van der Waals surface area contributed by atoms with Crippen LogP contribution in [0.15, 0.2) is 35.3 Å². The number of methoxy groups -OCH3 is 1. The molecule has 1 aromatic carbocycles. The molecule has 0 unspecified atom stereocenters. The number of carbonyl (C=O) groups excluding carboxylic acids is 1. The van der Waals surface area contributed by atoms with Gasteiger partial charge in [0.15, 0.2) is 22.6 Å². The largest absolute Gasteiger partial charge is 0.493 e. The number of ether oxygens (including phenoxy) is 2. The summed E-state index contributed by atoms with van der Waals surface area (Å²) in [6.07, 6.45) is -5.47. The summed E-state index contributed by atoms with van der Waals surface area (Å²) in [6.45, 7) is 1.90. The van der Waals surface area contributed by atoms with Crippen LogP contribution in [0.4, 0.5) is 22.0 Å². The third-order valence-electron chi connectivity index (χ3n) is 6.51. The van der Waals surface area contributed by atoms with Gasteiger partial charge in [-0.1, -0.05) is 13.0 Å². The number of fused-ring (bicyclic) bond motifs is 1. The van der Waals surface area contributed by atoms with Crippen molar-refractivity contribution in [3.8, 4) is 5.75 Å². The van der Waals surface area contributed by atoms with Gasteiger partial charge in [0, 0.05) is 35.4 Å². The molecule has 4 rings (SSSR count). The van der Waals surface area contributed by atoms with Crippen LogP contribution in [-0.2, 0) is 4.74 Å². The summed E-state index contributed by atoms with van der Waals surface area (Å²) in [5.41, 5.74) is 0.576. The molecule has 186 valence electrons. The van der Waals surface area contributed by atoms with Crippen molar-refractivity contribution >= 4 is 16.8 Å². The lowest BCUT2D eigenvalue weighted by atomic mass is 9.76. The Morgan fingerprint density at radius 3 is 2.66 bits per heavy atom. The van der Waals surface area contributed by atoms with Crippen LogP contribution in [0.25, 0.3) is 10.9 Å². The number of pyridine rings is 2. The molecule has 1 saturated heterocycles. The molecule has 4 atom stereocenters. The van der Waals surface area contributed by atoms with Crippen LogP contribution in [0.5, 0.6) is 5.75 Å². The van der Waals surface area contributed by atoms with Gasteiger partial charge in [0.1, 0.15) is 11.8 Å². The van der Waals surface area contributed by atoms with Crippen LogP contribution in [0.3, 0.4) is 0 Å². The van der Waals surface area contributed by atoms with Crippen molar-refractivity contribution in [3.63, 3.8) is 0 Å². The Balaban J connectivity index is 1.99. The summed E-state index contributed by atoms with van der Waals surface area (Å²) in [6, 6.07) is 3.70. The van der Waals surface area contributed by atoms with Crippen LogP contribution in [-0.4, -0.2) is 34.7 Å². The Bertz CT molecular complexity index is 1490. The number of halogens is 5. The van der Waals surface area contributed by atoms with E-state index in [0.717, 1.165) is 32.2 Å². The molecule has 1 amide bonds. The second kappa shape index (κ2) is 8.29. The lowest BCUT2D eigenvalue weighted by Gasteiger charge is -2.32. The molecule has 3 aromatic rings. The van der Waals surface area contributed by atoms with E-state index in [4.69, 9.17) is 19.3 Å². The Labute approximate surface area is 199 Å². The van der Waals surface area contributed by atoms with Crippen LogP contribution >= 0.6 is 0 Å². The van der Waals surface area contributed by atoms with E-state index in [9.17, 15) is 31.5 Å². The number of amides is 1. The van der Waals surface area contributed by atoms with Crippen LogP contribution in [0.2, 0.25) is 0 Å². The molecule has 0 radical (unpaired) electrons. The Hall–Kier alpha value is -3.54. The maximum absolute atomic E-state index is 14.8. The van der Waals surface area contributed by atoms with E-state index in [-0.39, 0.29) is 22.3 Å². The van der Waals surface area contributed by atoms with Gasteiger partial charge in [0.05, 0.1) is 22.1 Å².